The molecule has 1 saturated carbocycles. The summed E-state index contributed by atoms with van der Waals surface area (Å²) in [6.07, 6.45) is 3.35. The Labute approximate surface area is 149 Å². The molecule has 0 aromatic rings. The van der Waals surface area contributed by atoms with E-state index in [9.17, 15) is 9.59 Å². The van der Waals surface area contributed by atoms with Crippen LogP contribution in [0.4, 0.5) is 0 Å². The molecule has 7 heteroatoms. The van der Waals surface area contributed by atoms with Gasteiger partial charge in [-0.3, -0.25) is 14.5 Å². The maximum absolute atomic E-state index is 12.8. The molecule has 1 atom stereocenters. The van der Waals surface area contributed by atoms with Crippen LogP contribution in [0.2, 0.25) is 0 Å². The average Bonchev–Trinajstić information content (AvgIpc) is 3.35. The highest BCUT2D eigenvalue weighted by atomic mass is 16.5. The molecule has 1 spiro atoms. The van der Waals surface area contributed by atoms with Gasteiger partial charge < -0.3 is 19.9 Å². The van der Waals surface area contributed by atoms with Crippen molar-refractivity contribution in [3.05, 3.63) is 0 Å². The van der Waals surface area contributed by atoms with E-state index < -0.39 is 0 Å². The quantitative estimate of drug-likeness (QED) is 0.735. The fourth-order valence-electron chi connectivity index (χ4n) is 4.62. The molecular formula is C18H30N4O3. The summed E-state index contributed by atoms with van der Waals surface area (Å²) in [6.45, 7) is 8.43. The molecule has 25 heavy (non-hydrogen) atoms. The first-order chi connectivity index (χ1) is 12.2. The number of amides is 2. The van der Waals surface area contributed by atoms with Crippen LogP contribution in [-0.4, -0.2) is 98.6 Å². The molecule has 3 aliphatic heterocycles. The van der Waals surface area contributed by atoms with Crippen molar-refractivity contribution in [1.82, 2.24) is 20.0 Å². The Morgan fingerprint density at radius 3 is 2.28 bits per heavy atom. The fraction of sp³-hybridized carbons (Fsp3) is 0.889. The molecular weight excluding hydrogens is 320 g/mol. The number of piperazine rings is 1. The van der Waals surface area contributed by atoms with Gasteiger partial charge in [-0.15, -0.1) is 0 Å². The number of rotatable bonds is 3. The molecule has 140 valence electrons. The minimum atomic E-state index is 0.190. The second-order valence-corrected chi connectivity index (χ2v) is 7.96. The van der Waals surface area contributed by atoms with Gasteiger partial charge >= 0.3 is 0 Å². The molecule has 4 aliphatic rings. The lowest BCUT2D eigenvalue weighted by Crippen LogP contribution is -2.54. The van der Waals surface area contributed by atoms with Gasteiger partial charge in [-0.25, -0.2) is 0 Å². The molecule has 7 nitrogen and oxygen atoms in total. The van der Waals surface area contributed by atoms with Crippen molar-refractivity contribution in [2.75, 3.05) is 72.1 Å². The second-order valence-electron chi connectivity index (χ2n) is 7.96. The molecule has 1 unspecified atom stereocenters. The minimum Gasteiger partial charge on any atom is -0.379 e. The number of nitrogens with zero attached hydrogens (tertiary/aromatic N) is 3. The molecule has 0 aromatic heterocycles. The normalized spacial score (nSPS) is 29.7. The Morgan fingerprint density at radius 1 is 0.960 bits per heavy atom. The van der Waals surface area contributed by atoms with E-state index in [0.717, 1.165) is 45.4 Å². The second kappa shape index (κ2) is 7.21. The summed E-state index contributed by atoms with van der Waals surface area (Å²) in [5.74, 6) is 0.766. The van der Waals surface area contributed by atoms with E-state index in [1.54, 1.807) is 0 Å². The first kappa shape index (κ1) is 17.2. The third-order valence-electron chi connectivity index (χ3n) is 6.49. The maximum Gasteiger partial charge on any atom is 0.236 e. The van der Waals surface area contributed by atoms with Crippen LogP contribution in [0, 0.1) is 11.3 Å². The Balaban J connectivity index is 1.23. The summed E-state index contributed by atoms with van der Waals surface area (Å²) >= 11 is 0. The van der Waals surface area contributed by atoms with Crippen LogP contribution in [0.3, 0.4) is 0 Å². The highest BCUT2D eigenvalue weighted by Gasteiger charge is 2.58. The lowest BCUT2D eigenvalue weighted by Gasteiger charge is -2.37. The smallest absolute Gasteiger partial charge is 0.236 e. The van der Waals surface area contributed by atoms with Crippen molar-refractivity contribution in [3.8, 4) is 0 Å². The Bertz CT molecular complexity index is 506. The Kier molecular flexibility index (Phi) is 4.97. The zero-order valence-corrected chi connectivity index (χ0v) is 15.0. The van der Waals surface area contributed by atoms with Gasteiger partial charge in [0, 0.05) is 45.2 Å². The maximum atomic E-state index is 12.8. The van der Waals surface area contributed by atoms with Crippen LogP contribution in [0.25, 0.3) is 0 Å². The van der Waals surface area contributed by atoms with Crippen LogP contribution >= 0.6 is 0 Å². The summed E-state index contributed by atoms with van der Waals surface area (Å²) in [7, 11) is 0. The number of ether oxygens (including phenoxy) is 1. The van der Waals surface area contributed by atoms with E-state index in [-0.39, 0.29) is 11.8 Å². The van der Waals surface area contributed by atoms with Gasteiger partial charge in [0.25, 0.3) is 0 Å². The van der Waals surface area contributed by atoms with Crippen molar-refractivity contribution in [2.45, 2.75) is 19.3 Å². The van der Waals surface area contributed by atoms with Crippen LogP contribution in [-0.2, 0) is 14.3 Å². The topological polar surface area (TPSA) is 65.1 Å². The van der Waals surface area contributed by atoms with Gasteiger partial charge in [0.05, 0.1) is 19.8 Å². The van der Waals surface area contributed by atoms with Crippen LogP contribution in [0.15, 0.2) is 0 Å². The number of morpholine rings is 1. The highest BCUT2D eigenvalue weighted by molar-refractivity contribution is 5.83. The number of piperidine rings is 1. The lowest BCUT2D eigenvalue weighted by molar-refractivity contribution is -0.142. The monoisotopic (exact) mass is 350 g/mol. The molecule has 4 fully saturated rings. The number of hydrogen-bond acceptors (Lipinski definition) is 5. The van der Waals surface area contributed by atoms with E-state index in [1.807, 2.05) is 9.80 Å². The number of carbonyl (C=O) groups excluding carboxylic acids is 2. The molecule has 1 aliphatic carbocycles. The van der Waals surface area contributed by atoms with Crippen molar-refractivity contribution in [2.24, 2.45) is 11.3 Å². The Morgan fingerprint density at radius 2 is 1.60 bits per heavy atom. The summed E-state index contributed by atoms with van der Waals surface area (Å²) in [6, 6.07) is 0. The summed E-state index contributed by atoms with van der Waals surface area (Å²) in [5.41, 5.74) is 0.297. The van der Waals surface area contributed by atoms with E-state index in [2.05, 4.69) is 10.2 Å². The van der Waals surface area contributed by atoms with Gasteiger partial charge in [0.1, 0.15) is 0 Å². The van der Waals surface area contributed by atoms with E-state index in [4.69, 9.17) is 4.74 Å². The number of nitrogens with one attached hydrogen (secondary N) is 1. The molecule has 0 radical (unpaired) electrons. The van der Waals surface area contributed by atoms with Gasteiger partial charge in [-0.2, -0.15) is 0 Å². The van der Waals surface area contributed by atoms with Crippen molar-refractivity contribution in [3.63, 3.8) is 0 Å². The zero-order chi connectivity index (χ0) is 17.3. The largest absolute Gasteiger partial charge is 0.379 e. The molecule has 0 aromatic carbocycles. The Hall–Kier alpha value is -1.18. The molecule has 2 amide bonds. The predicted octanol–water partition coefficient (Wildman–Crippen LogP) is -0.621. The summed E-state index contributed by atoms with van der Waals surface area (Å²) in [4.78, 5) is 31.4. The van der Waals surface area contributed by atoms with E-state index in [1.165, 1.54) is 0 Å². The first-order valence-corrected chi connectivity index (χ1v) is 9.75. The van der Waals surface area contributed by atoms with Gasteiger partial charge in [-0.05, 0) is 37.8 Å². The van der Waals surface area contributed by atoms with Gasteiger partial charge in [0.15, 0.2) is 0 Å². The third kappa shape index (κ3) is 3.68. The number of hydrogen-bond donors (Lipinski definition) is 1. The molecule has 1 N–H and O–H groups in total. The van der Waals surface area contributed by atoms with Crippen molar-refractivity contribution < 1.29 is 14.3 Å². The number of carbonyl (C=O) groups is 2. The predicted molar refractivity (Wildman–Crippen MR) is 93.1 cm³/mol. The first-order valence-electron chi connectivity index (χ1n) is 9.75. The van der Waals surface area contributed by atoms with Gasteiger partial charge in [-0.1, -0.05) is 0 Å². The SMILES string of the molecule is O=C(CN1CCOCC1)N1CCN(C(=O)C2CC23CCNCC3)CC1. The lowest BCUT2D eigenvalue weighted by atomic mass is 9.91. The van der Waals surface area contributed by atoms with E-state index in [0.29, 0.717) is 57.3 Å². The fourth-order valence-corrected chi connectivity index (χ4v) is 4.62. The van der Waals surface area contributed by atoms with Crippen LogP contribution in [0.5, 0.6) is 0 Å². The van der Waals surface area contributed by atoms with Crippen molar-refractivity contribution in [1.29, 1.82) is 0 Å². The van der Waals surface area contributed by atoms with Gasteiger partial charge in [0.2, 0.25) is 11.8 Å². The molecule has 4 rings (SSSR count). The standard InChI is InChI=1S/C18H30N4O3/c23-16(14-20-9-11-25-12-10-20)21-5-7-22(8-6-21)17(24)15-13-18(15)1-3-19-4-2-18/h15,19H,1-14H2. The van der Waals surface area contributed by atoms with Crippen LogP contribution in [0.1, 0.15) is 19.3 Å². The highest BCUT2D eigenvalue weighted by Crippen LogP contribution is 2.59. The minimum absolute atomic E-state index is 0.190. The van der Waals surface area contributed by atoms with Crippen molar-refractivity contribution >= 4 is 11.8 Å². The van der Waals surface area contributed by atoms with Crippen LogP contribution < -0.4 is 5.32 Å². The average molecular weight is 350 g/mol. The molecule has 0 bridgehead atoms. The third-order valence-corrected chi connectivity index (χ3v) is 6.49. The summed E-state index contributed by atoms with van der Waals surface area (Å²) < 4.78 is 5.33. The zero-order valence-electron chi connectivity index (χ0n) is 15.0. The molecule has 3 saturated heterocycles. The van der Waals surface area contributed by atoms with E-state index >= 15 is 0 Å². The summed E-state index contributed by atoms with van der Waals surface area (Å²) in [5, 5.41) is 3.39. The molecule has 3 heterocycles.